The lowest BCUT2D eigenvalue weighted by Gasteiger charge is -2.20. The van der Waals surface area contributed by atoms with E-state index in [2.05, 4.69) is 35.1 Å². The summed E-state index contributed by atoms with van der Waals surface area (Å²) in [5.41, 5.74) is 4.26. The van der Waals surface area contributed by atoms with Gasteiger partial charge >= 0.3 is 5.92 Å². The standard InChI is InChI=1S/C19H16O.C12H17F2NO2.C4H6/c1-2-19(20)18-13-16-9-4-3-7-14(16)11-12-15-8-5-6-10-17(15)18;1-2-15-11(16)9-17-10-5-3-4-7-12(13,14)8-6-10;1-3-4-2/h3-10,18H,2,13H2,1H3;10H,2-3,5-6,8-9H2,1H3,(H,15,16);1H,4H2,2H3. The lowest BCUT2D eigenvalue weighted by atomic mass is 9.82. The quantitative estimate of drug-likeness (QED) is 0.414. The first-order chi connectivity index (χ1) is 19.7. The van der Waals surface area contributed by atoms with Gasteiger partial charge in [0.15, 0.2) is 0 Å². The van der Waals surface area contributed by atoms with Crippen molar-refractivity contribution in [1.82, 2.24) is 5.32 Å². The largest absolute Gasteiger partial charge is 0.368 e. The number of amides is 1. The molecule has 2 aromatic carbocycles. The highest BCUT2D eigenvalue weighted by molar-refractivity contribution is 5.87. The minimum atomic E-state index is -2.92. The molecule has 2 aliphatic rings. The highest BCUT2D eigenvalue weighted by Gasteiger charge is 2.28. The summed E-state index contributed by atoms with van der Waals surface area (Å²) in [6, 6.07) is 16.1. The van der Waals surface area contributed by atoms with Crippen molar-refractivity contribution in [1.29, 1.82) is 0 Å². The third-order valence-corrected chi connectivity index (χ3v) is 6.52. The Morgan fingerprint density at radius 3 is 2.39 bits per heavy atom. The molecule has 1 N–H and O–H groups in total. The number of carbonyl (C=O) groups excluding carboxylic acids is 2. The molecule has 0 aromatic heterocycles. The smallest absolute Gasteiger partial charge is 0.308 e. The van der Waals surface area contributed by atoms with Crippen LogP contribution in [0.1, 0.15) is 87.5 Å². The molecule has 0 saturated carbocycles. The number of alkyl halides is 2. The zero-order valence-electron chi connectivity index (χ0n) is 24.2. The van der Waals surface area contributed by atoms with E-state index in [1.54, 1.807) is 0 Å². The van der Waals surface area contributed by atoms with Gasteiger partial charge in [-0.3, -0.25) is 9.59 Å². The van der Waals surface area contributed by atoms with Crippen LogP contribution in [0.4, 0.5) is 8.78 Å². The first kappa shape index (κ1) is 33.3. The van der Waals surface area contributed by atoms with Crippen molar-refractivity contribution in [3.8, 4) is 36.0 Å². The minimum absolute atomic E-state index is 0.0719. The average molecular weight is 560 g/mol. The second-order valence-corrected chi connectivity index (χ2v) is 9.60. The van der Waals surface area contributed by atoms with Gasteiger partial charge in [-0.05, 0) is 55.4 Å². The van der Waals surface area contributed by atoms with E-state index in [-0.39, 0.29) is 43.2 Å². The van der Waals surface area contributed by atoms with Crippen molar-refractivity contribution in [2.24, 2.45) is 0 Å². The zero-order valence-corrected chi connectivity index (χ0v) is 24.2. The number of hydrogen-bond acceptors (Lipinski definition) is 3. The van der Waals surface area contributed by atoms with E-state index in [9.17, 15) is 18.4 Å². The Bertz CT molecular complexity index is 1320. The number of benzene rings is 2. The van der Waals surface area contributed by atoms with Gasteiger partial charge in [-0.2, -0.15) is 8.78 Å². The number of nitrogens with one attached hydrogen (secondary N) is 1. The van der Waals surface area contributed by atoms with Crippen LogP contribution in [0, 0.1) is 36.0 Å². The van der Waals surface area contributed by atoms with Crippen LogP contribution in [0.25, 0.3) is 0 Å². The first-order valence-corrected chi connectivity index (χ1v) is 14.2. The van der Waals surface area contributed by atoms with Crippen molar-refractivity contribution >= 4 is 11.7 Å². The maximum Gasteiger partial charge on any atom is 0.308 e. The number of rotatable bonds is 6. The van der Waals surface area contributed by atoms with Crippen LogP contribution < -0.4 is 5.32 Å². The number of ether oxygens (including phenoxy) is 1. The summed E-state index contributed by atoms with van der Waals surface area (Å²) in [5, 5.41) is 2.59. The predicted octanol–water partition coefficient (Wildman–Crippen LogP) is 6.46. The van der Waals surface area contributed by atoms with Crippen LogP contribution >= 0.6 is 0 Å². The molecule has 2 aromatic rings. The molecule has 2 unspecified atom stereocenters. The molecular formula is C35H39F2NO3. The van der Waals surface area contributed by atoms with E-state index in [1.807, 2.05) is 69.2 Å². The number of hydrogen-bond donors (Lipinski definition) is 1. The summed E-state index contributed by atoms with van der Waals surface area (Å²) in [4.78, 5) is 23.5. The van der Waals surface area contributed by atoms with Gasteiger partial charge in [0.25, 0.3) is 0 Å². The molecule has 6 heteroatoms. The Hall–Kier alpha value is -3.92. The summed E-state index contributed by atoms with van der Waals surface area (Å²) in [6.07, 6.45) is 7.54. The molecule has 2 atom stereocenters. The van der Waals surface area contributed by atoms with Crippen LogP contribution in [0.5, 0.6) is 0 Å². The van der Waals surface area contributed by atoms with Gasteiger partial charge in [0.05, 0.1) is 6.10 Å². The minimum Gasteiger partial charge on any atom is -0.368 e. The van der Waals surface area contributed by atoms with E-state index >= 15 is 0 Å². The fourth-order valence-electron chi connectivity index (χ4n) is 4.32. The number of carbonyl (C=O) groups is 2. The second kappa shape index (κ2) is 17.7. The highest BCUT2D eigenvalue weighted by Crippen LogP contribution is 2.29. The molecule has 41 heavy (non-hydrogen) atoms. The Labute approximate surface area is 243 Å². The molecule has 0 radical (unpaired) electrons. The second-order valence-electron chi connectivity index (χ2n) is 9.60. The van der Waals surface area contributed by atoms with Gasteiger partial charge in [0.2, 0.25) is 5.91 Å². The molecule has 0 fully saturated rings. The summed E-state index contributed by atoms with van der Waals surface area (Å²) >= 11 is 0. The molecule has 0 saturated heterocycles. The van der Waals surface area contributed by atoms with Gasteiger partial charge in [-0.15, -0.1) is 12.3 Å². The van der Waals surface area contributed by atoms with Crippen LogP contribution in [0.2, 0.25) is 0 Å². The molecule has 0 heterocycles. The third kappa shape index (κ3) is 11.6. The summed E-state index contributed by atoms with van der Waals surface area (Å²) in [7, 11) is 0. The van der Waals surface area contributed by atoms with Crippen molar-refractivity contribution in [2.75, 3.05) is 13.2 Å². The van der Waals surface area contributed by atoms with Crippen LogP contribution in [0.15, 0.2) is 48.5 Å². The molecular weight excluding hydrogens is 520 g/mol. The molecule has 4 rings (SSSR count). The van der Waals surface area contributed by atoms with Gasteiger partial charge in [0, 0.05) is 49.3 Å². The number of likely N-dealkylation sites (N-methyl/N-ethyl adjacent to an activating group) is 1. The number of Topliss-reactive ketones (excluding diaryl/α,β-unsaturated/α-hetero) is 1. The molecule has 2 aliphatic carbocycles. The monoisotopic (exact) mass is 559 g/mol. The Balaban J connectivity index is 0.000000257. The Kier molecular flexibility index (Phi) is 14.4. The van der Waals surface area contributed by atoms with E-state index in [0.717, 1.165) is 29.5 Å². The molecule has 216 valence electrons. The van der Waals surface area contributed by atoms with Gasteiger partial charge in [0.1, 0.15) is 12.4 Å². The number of ketones is 1. The highest BCUT2D eigenvalue weighted by atomic mass is 19.3. The van der Waals surface area contributed by atoms with Crippen LogP contribution in [0.3, 0.4) is 0 Å². The molecule has 0 bridgehead atoms. The normalized spacial score (nSPS) is 17.8. The average Bonchev–Trinajstić information content (AvgIpc) is 2.96. The predicted molar refractivity (Wildman–Crippen MR) is 159 cm³/mol. The van der Waals surface area contributed by atoms with Gasteiger partial charge in [-0.25, -0.2) is 0 Å². The van der Waals surface area contributed by atoms with E-state index in [1.165, 1.54) is 5.56 Å². The summed E-state index contributed by atoms with van der Waals surface area (Å²) in [6.45, 7) is 6.15. The molecule has 4 nitrogen and oxygen atoms in total. The fourth-order valence-corrected chi connectivity index (χ4v) is 4.32. The fraction of sp³-hybridized carbons (Fsp3) is 0.429. The van der Waals surface area contributed by atoms with Crippen LogP contribution in [-0.2, 0) is 20.7 Å². The van der Waals surface area contributed by atoms with Gasteiger partial charge in [-0.1, -0.05) is 68.0 Å². The SMILES string of the molecule is C#CCC.CCC(=O)C1Cc2ccccc2C#Cc2ccccc21.CCNC(=O)COC1CCC#CC(F)(F)CC1. The molecule has 0 aliphatic heterocycles. The first-order valence-electron chi connectivity index (χ1n) is 14.2. The topological polar surface area (TPSA) is 55.4 Å². The van der Waals surface area contributed by atoms with Crippen molar-refractivity contribution < 1.29 is 23.1 Å². The third-order valence-electron chi connectivity index (χ3n) is 6.52. The van der Waals surface area contributed by atoms with E-state index in [4.69, 9.17) is 11.2 Å². The van der Waals surface area contributed by atoms with E-state index in [0.29, 0.717) is 25.8 Å². The molecule has 0 spiro atoms. The molecule has 1 amide bonds. The zero-order chi connectivity index (χ0) is 30.1. The summed E-state index contributed by atoms with van der Waals surface area (Å²) < 4.78 is 31.4. The number of terminal acetylenes is 1. The lowest BCUT2D eigenvalue weighted by molar-refractivity contribution is -0.128. The maximum atomic E-state index is 13.0. The lowest BCUT2D eigenvalue weighted by Crippen LogP contribution is -2.30. The Morgan fingerprint density at radius 2 is 1.71 bits per heavy atom. The van der Waals surface area contributed by atoms with Gasteiger partial charge < -0.3 is 10.1 Å². The van der Waals surface area contributed by atoms with Crippen molar-refractivity contribution in [2.45, 2.75) is 83.7 Å². The Morgan fingerprint density at radius 1 is 1.05 bits per heavy atom. The van der Waals surface area contributed by atoms with Crippen molar-refractivity contribution in [3.63, 3.8) is 0 Å². The maximum absolute atomic E-state index is 13.0. The van der Waals surface area contributed by atoms with Crippen LogP contribution in [-0.4, -0.2) is 36.9 Å². The summed E-state index contributed by atoms with van der Waals surface area (Å²) in [5.74, 6) is 10.4. The van der Waals surface area contributed by atoms with Crippen molar-refractivity contribution in [3.05, 3.63) is 70.8 Å². The number of fused-ring (bicyclic) bond motifs is 2. The number of halogens is 2. The van der Waals surface area contributed by atoms with E-state index < -0.39 is 5.92 Å².